The zero-order valence-electron chi connectivity index (χ0n) is 7.61. The topological polar surface area (TPSA) is 83.0 Å². The summed E-state index contributed by atoms with van der Waals surface area (Å²) in [5.74, 6) is 0.455. The number of nitrogens with one attached hydrogen (secondary N) is 1. The summed E-state index contributed by atoms with van der Waals surface area (Å²) in [4.78, 5) is 0. The van der Waals surface area contributed by atoms with Gasteiger partial charge in [0.05, 0.1) is 0 Å². The van der Waals surface area contributed by atoms with Gasteiger partial charge in [-0.25, -0.2) is 5.48 Å². The highest BCUT2D eigenvalue weighted by molar-refractivity contribution is 5.77. The molecule has 13 heavy (non-hydrogen) atoms. The molecule has 0 bridgehead atoms. The van der Waals surface area contributed by atoms with Gasteiger partial charge in [-0.2, -0.15) is 5.10 Å². The lowest BCUT2D eigenvalue weighted by atomic mass is 9.90. The van der Waals surface area contributed by atoms with Crippen LogP contribution in [0, 0.1) is 5.92 Å². The lowest BCUT2D eigenvalue weighted by Crippen LogP contribution is -2.27. The zero-order valence-corrected chi connectivity index (χ0v) is 7.61. The fourth-order valence-corrected chi connectivity index (χ4v) is 1.50. The Morgan fingerprint density at radius 1 is 1.38 bits per heavy atom. The number of hydrogen-bond acceptors (Lipinski definition) is 3. The van der Waals surface area contributed by atoms with Crippen molar-refractivity contribution < 1.29 is 5.21 Å². The maximum Gasteiger partial charge on any atom is 0.237 e. The number of hydroxylamine groups is 1. The summed E-state index contributed by atoms with van der Waals surface area (Å²) in [6.07, 6.45) is 8.05. The highest BCUT2D eigenvalue weighted by Crippen LogP contribution is 2.21. The van der Waals surface area contributed by atoms with E-state index in [2.05, 4.69) is 10.2 Å². The maximum absolute atomic E-state index is 8.29. The Morgan fingerprint density at radius 3 is 2.69 bits per heavy atom. The van der Waals surface area contributed by atoms with Gasteiger partial charge in [-0.05, 0) is 18.8 Å². The first-order valence-corrected chi connectivity index (χ1v) is 4.59. The number of guanidine groups is 1. The molecule has 0 spiro atoms. The molecule has 5 heteroatoms. The molecule has 0 atom stereocenters. The summed E-state index contributed by atoms with van der Waals surface area (Å²) in [5.41, 5.74) is 6.88. The first-order chi connectivity index (χ1) is 6.33. The summed E-state index contributed by atoms with van der Waals surface area (Å²) in [6.45, 7) is 0. The predicted molar refractivity (Wildman–Crippen MR) is 51.6 cm³/mol. The van der Waals surface area contributed by atoms with Crippen molar-refractivity contribution in [2.75, 3.05) is 0 Å². The Morgan fingerprint density at radius 2 is 2.08 bits per heavy atom. The van der Waals surface area contributed by atoms with E-state index in [1.165, 1.54) is 32.1 Å². The molecule has 4 N–H and O–H groups in total. The molecular formula is C8H16N4O. The minimum atomic E-state index is -0.0768. The van der Waals surface area contributed by atoms with Crippen LogP contribution in [0.25, 0.3) is 0 Å². The highest BCUT2D eigenvalue weighted by atomic mass is 16.5. The van der Waals surface area contributed by atoms with Crippen molar-refractivity contribution in [3.8, 4) is 0 Å². The Labute approximate surface area is 77.7 Å². The lowest BCUT2D eigenvalue weighted by Gasteiger charge is -2.16. The SMILES string of the molecule is NC(=N/N=C\C1CCCCC1)NO. The summed E-state index contributed by atoms with van der Waals surface area (Å²) in [6, 6.07) is 0. The average Bonchev–Trinajstić information content (AvgIpc) is 2.19. The van der Waals surface area contributed by atoms with Crippen molar-refractivity contribution in [1.82, 2.24) is 5.48 Å². The molecule has 0 aromatic rings. The fourth-order valence-electron chi connectivity index (χ4n) is 1.50. The van der Waals surface area contributed by atoms with Crippen LogP contribution in [0.4, 0.5) is 0 Å². The van der Waals surface area contributed by atoms with E-state index in [1.54, 1.807) is 5.48 Å². The molecular weight excluding hydrogens is 168 g/mol. The van der Waals surface area contributed by atoms with Gasteiger partial charge in [-0.15, -0.1) is 5.10 Å². The molecule has 1 saturated carbocycles. The molecule has 0 aromatic carbocycles. The molecule has 1 fully saturated rings. The van der Waals surface area contributed by atoms with E-state index in [0.717, 1.165) is 0 Å². The van der Waals surface area contributed by atoms with Gasteiger partial charge in [0.15, 0.2) is 0 Å². The smallest absolute Gasteiger partial charge is 0.237 e. The molecule has 0 saturated heterocycles. The van der Waals surface area contributed by atoms with Crippen molar-refractivity contribution >= 4 is 12.2 Å². The van der Waals surface area contributed by atoms with Crippen molar-refractivity contribution in [3.05, 3.63) is 0 Å². The molecule has 0 amide bonds. The first kappa shape index (κ1) is 9.98. The molecule has 0 unspecified atom stereocenters. The quantitative estimate of drug-likeness (QED) is 0.338. The Balaban J connectivity index is 2.29. The van der Waals surface area contributed by atoms with Crippen LogP contribution in [-0.2, 0) is 0 Å². The van der Waals surface area contributed by atoms with Gasteiger partial charge in [0.25, 0.3) is 0 Å². The minimum absolute atomic E-state index is 0.0768. The van der Waals surface area contributed by atoms with Gasteiger partial charge in [0.1, 0.15) is 0 Å². The van der Waals surface area contributed by atoms with Gasteiger partial charge in [0, 0.05) is 6.21 Å². The van der Waals surface area contributed by atoms with E-state index < -0.39 is 0 Å². The molecule has 0 aliphatic heterocycles. The number of hydrogen-bond donors (Lipinski definition) is 3. The molecule has 0 heterocycles. The van der Waals surface area contributed by atoms with Crippen molar-refractivity contribution in [1.29, 1.82) is 0 Å². The second kappa shape index (κ2) is 5.53. The first-order valence-electron chi connectivity index (χ1n) is 4.59. The molecule has 1 rings (SSSR count). The summed E-state index contributed by atoms with van der Waals surface area (Å²) < 4.78 is 0. The van der Waals surface area contributed by atoms with Crippen molar-refractivity contribution in [2.24, 2.45) is 21.9 Å². The third-order valence-corrected chi connectivity index (χ3v) is 2.21. The van der Waals surface area contributed by atoms with E-state index in [1.807, 2.05) is 6.21 Å². The number of nitrogens with zero attached hydrogens (tertiary/aromatic N) is 2. The van der Waals surface area contributed by atoms with Crippen LogP contribution in [0.1, 0.15) is 32.1 Å². The van der Waals surface area contributed by atoms with Crippen LogP contribution in [0.15, 0.2) is 10.2 Å². The monoisotopic (exact) mass is 184 g/mol. The van der Waals surface area contributed by atoms with Gasteiger partial charge in [-0.1, -0.05) is 19.3 Å². The second-order valence-electron chi connectivity index (χ2n) is 3.26. The standard InChI is InChI=1S/C8H16N4O/c9-8(12-13)11-10-6-7-4-2-1-3-5-7/h6-7,13H,1-5H2,(H3,9,11,12)/b10-6-. The Bertz CT molecular complexity index is 196. The maximum atomic E-state index is 8.29. The average molecular weight is 184 g/mol. The number of nitrogens with two attached hydrogens (primary N) is 1. The highest BCUT2D eigenvalue weighted by Gasteiger charge is 2.10. The third-order valence-electron chi connectivity index (χ3n) is 2.21. The lowest BCUT2D eigenvalue weighted by molar-refractivity contribution is 0.232. The van der Waals surface area contributed by atoms with E-state index in [9.17, 15) is 0 Å². The Kier molecular flexibility index (Phi) is 4.25. The summed E-state index contributed by atoms with van der Waals surface area (Å²) >= 11 is 0. The molecule has 0 radical (unpaired) electrons. The van der Waals surface area contributed by atoms with E-state index in [-0.39, 0.29) is 5.96 Å². The summed E-state index contributed by atoms with van der Waals surface area (Å²) in [5, 5.41) is 15.6. The van der Waals surface area contributed by atoms with Gasteiger partial charge >= 0.3 is 0 Å². The third kappa shape index (κ3) is 3.89. The fraction of sp³-hybridized carbons (Fsp3) is 0.750. The van der Waals surface area contributed by atoms with Gasteiger partial charge < -0.3 is 5.73 Å². The van der Waals surface area contributed by atoms with Crippen LogP contribution in [0.2, 0.25) is 0 Å². The van der Waals surface area contributed by atoms with E-state index >= 15 is 0 Å². The van der Waals surface area contributed by atoms with Crippen LogP contribution in [0.5, 0.6) is 0 Å². The minimum Gasteiger partial charge on any atom is -0.367 e. The van der Waals surface area contributed by atoms with Crippen molar-refractivity contribution in [2.45, 2.75) is 32.1 Å². The Hall–Kier alpha value is -1.10. The molecule has 5 nitrogen and oxygen atoms in total. The predicted octanol–water partition coefficient (Wildman–Crippen LogP) is 0.846. The second-order valence-corrected chi connectivity index (χ2v) is 3.26. The van der Waals surface area contributed by atoms with Crippen LogP contribution in [-0.4, -0.2) is 17.4 Å². The molecule has 74 valence electrons. The molecule has 1 aliphatic carbocycles. The van der Waals surface area contributed by atoms with E-state index in [0.29, 0.717) is 5.92 Å². The zero-order chi connectivity index (χ0) is 9.52. The van der Waals surface area contributed by atoms with Crippen LogP contribution < -0.4 is 11.2 Å². The molecule has 1 aliphatic rings. The molecule has 0 aromatic heterocycles. The largest absolute Gasteiger partial charge is 0.367 e. The van der Waals surface area contributed by atoms with Gasteiger partial charge in [0.2, 0.25) is 5.96 Å². The van der Waals surface area contributed by atoms with Gasteiger partial charge in [-0.3, -0.25) is 5.21 Å². The van der Waals surface area contributed by atoms with Crippen molar-refractivity contribution in [3.63, 3.8) is 0 Å². The van der Waals surface area contributed by atoms with Crippen LogP contribution >= 0.6 is 0 Å². The normalized spacial score (nSPS) is 20.8. The van der Waals surface area contributed by atoms with E-state index in [4.69, 9.17) is 10.9 Å². The number of rotatable bonds is 2. The van der Waals surface area contributed by atoms with Crippen LogP contribution in [0.3, 0.4) is 0 Å². The summed E-state index contributed by atoms with van der Waals surface area (Å²) in [7, 11) is 0.